The number of fused-ring (bicyclic) bond motifs is 1. The van der Waals surface area contributed by atoms with Crippen molar-refractivity contribution >= 4 is 39.9 Å². The molecule has 3 rings (SSSR count). The highest BCUT2D eigenvalue weighted by atomic mass is 35.5. The lowest BCUT2D eigenvalue weighted by Crippen LogP contribution is -1.87. The number of aromatic nitrogens is 2. The number of H-pyrrole nitrogens is 1. The van der Waals surface area contributed by atoms with Gasteiger partial charge in [0.05, 0.1) is 11.2 Å². The molecule has 1 heterocycles. The smallest absolute Gasteiger partial charge is 0.138 e. The monoisotopic (exact) mass is 291 g/mol. The second kappa shape index (κ2) is 4.44. The summed E-state index contributed by atoms with van der Waals surface area (Å²) >= 11 is 12.1. The molecule has 19 heavy (non-hydrogen) atoms. The van der Waals surface area contributed by atoms with Gasteiger partial charge in [-0.2, -0.15) is 0 Å². The summed E-state index contributed by atoms with van der Waals surface area (Å²) in [5, 5.41) is 1.30. The first kappa shape index (κ1) is 12.3. The van der Waals surface area contributed by atoms with Gasteiger partial charge in [-0.15, -0.1) is 0 Å². The Labute approximate surface area is 120 Å². The summed E-state index contributed by atoms with van der Waals surface area (Å²) in [4.78, 5) is 7.76. The molecule has 0 unspecified atom stereocenters. The molecule has 3 aromatic rings. The molecule has 0 atom stereocenters. The largest absolute Gasteiger partial charge is 0.397 e. The van der Waals surface area contributed by atoms with E-state index < -0.39 is 0 Å². The molecule has 0 saturated heterocycles. The third-order valence-corrected chi connectivity index (χ3v) is 3.73. The van der Waals surface area contributed by atoms with Crippen LogP contribution in [0.25, 0.3) is 22.4 Å². The predicted molar refractivity (Wildman–Crippen MR) is 80.7 cm³/mol. The average molecular weight is 292 g/mol. The molecule has 0 aliphatic rings. The third-order valence-electron chi connectivity index (χ3n) is 3.10. The van der Waals surface area contributed by atoms with Crippen LogP contribution in [0, 0.1) is 6.92 Å². The summed E-state index contributed by atoms with van der Waals surface area (Å²) < 4.78 is 0. The lowest BCUT2D eigenvalue weighted by molar-refractivity contribution is 1.31. The molecule has 0 amide bonds. The van der Waals surface area contributed by atoms with Gasteiger partial charge in [-0.25, -0.2) is 4.98 Å². The second-order valence-electron chi connectivity index (χ2n) is 4.39. The molecule has 1 aromatic heterocycles. The number of nitrogens with one attached hydrogen (secondary N) is 1. The van der Waals surface area contributed by atoms with Crippen LogP contribution in [0.15, 0.2) is 30.3 Å². The number of imidazole rings is 1. The minimum absolute atomic E-state index is 0.560. The molecule has 0 radical (unpaired) electrons. The van der Waals surface area contributed by atoms with Gasteiger partial charge in [0.2, 0.25) is 0 Å². The van der Waals surface area contributed by atoms with Crippen LogP contribution in [-0.2, 0) is 0 Å². The van der Waals surface area contributed by atoms with Crippen molar-refractivity contribution in [1.82, 2.24) is 9.97 Å². The van der Waals surface area contributed by atoms with Gasteiger partial charge in [0.25, 0.3) is 0 Å². The van der Waals surface area contributed by atoms with Gasteiger partial charge in [-0.05, 0) is 30.7 Å². The van der Waals surface area contributed by atoms with Crippen LogP contribution in [-0.4, -0.2) is 9.97 Å². The Morgan fingerprint density at radius 2 is 2.00 bits per heavy atom. The van der Waals surface area contributed by atoms with E-state index in [9.17, 15) is 0 Å². The zero-order chi connectivity index (χ0) is 13.6. The van der Waals surface area contributed by atoms with Crippen LogP contribution in [0.4, 0.5) is 5.69 Å². The molecule has 2 aromatic carbocycles. The van der Waals surface area contributed by atoms with Crippen LogP contribution in [0.2, 0.25) is 10.0 Å². The number of benzene rings is 2. The SMILES string of the molecule is Cc1c(Cl)cccc1-c1nc2c(N)cc(Cl)cc2[nH]1. The fourth-order valence-corrected chi connectivity index (χ4v) is 2.50. The molecule has 0 aliphatic heterocycles. The van der Waals surface area contributed by atoms with E-state index in [1.165, 1.54) is 0 Å². The van der Waals surface area contributed by atoms with E-state index in [1.54, 1.807) is 6.07 Å². The first-order valence-electron chi connectivity index (χ1n) is 5.76. The fourth-order valence-electron chi connectivity index (χ4n) is 2.10. The molecule has 0 fully saturated rings. The molecule has 96 valence electrons. The Hall–Kier alpha value is -1.71. The van der Waals surface area contributed by atoms with Crippen molar-refractivity contribution in [3.8, 4) is 11.4 Å². The van der Waals surface area contributed by atoms with Crippen LogP contribution in [0.1, 0.15) is 5.56 Å². The summed E-state index contributed by atoms with van der Waals surface area (Å²) in [6.45, 7) is 1.96. The summed E-state index contributed by atoms with van der Waals surface area (Å²) in [6.07, 6.45) is 0. The van der Waals surface area contributed by atoms with Crippen molar-refractivity contribution < 1.29 is 0 Å². The standard InChI is InChI=1S/C14H11Cl2N3/c1-7-9(3-2-4-10(7)16)14-18-12-6-8(15)5-11(17)13(12)19-14/h2-6H,17H2,1H3,(H,18,19). The van der Waals surface area contributed by atoms with Crippen molar-refractivity contribution in [3.63, 3.8) is 0 Å². The van der Waals surface area contributed by atoms with Crippen LogP contribution < -0.4 is 5.73 Å². The molecule has 0 spiro atoms. The topological polar surface area (TPSA) is 54.7 Å². The van der Waals surface area contributed by atoms with E-state index in [0.29, 0.717) is 15.7 Å². The lowest BCUT2D eigenvalue weighted by atomic mass is 10.1. The quantitative estimate of drug-likeness (QED) is 0.652. The van der Waals surface area contributed by atoms with Crippen molar-refractivity contribution in [2.24, 2.45) is 0 Å². The Morgan fingerprint density at radius 3 is 2.79 bits per heavy atom. The van der Waals surface area contributed by atoms with E-state index in [0.717, 1.165) is 28.0 Å². The van der Waals surface area contributed by atoms with Gasteiger partial charge in [-0.1, -0.05) is 35.3 Å². The minimum atomic E-state index is 0.560. The molecule has 5 heteroatoms. The summed E-state index contributed by atoms with van der Waals surface area (Å²) in [5.74, 6) is 0.740. The normalized spacial score (nSPS) is 11.1. The van der Waals surface area contributed by atoms with Crippen molar-refractivity contribution in [2.45, 2.75) is 6.92 Å². The summed E-state index contributed by atoms with van der Waals surface area (Å²) in [6, 6.07) is 9.22. The fraction of sp³-hybridized carbons (Fsp3) is 0.0714. The number of nitrogens with two attached hydrogens (primary N) is 1. The summed E-state index contributed by atoms with van der Waals surface area (Å²) in [5.41, 5.74) is 9.96. The molecular formula is C14H11Cl2N3. The van der Waals surface area contributed by atoms with Crippen LogP contribution in [0.5, 0.6) is 0 Å². The number of hydrogen-bond donors (Lipinski definition) is 2. The third kappa shape index (κ3) is 2.05. The van der Waals surface area contributed by atoms with E-state index in [2.05, 4.69) is 9.97 Å². The Balaban J connectivity index is 2.26. The highest BCUT2D eigenvalue weighted by Gasteiger charge is 2.11. The Bertz CT molecular complexity index is 778. The number of hydrogen-bond acceptors (Lipinski definition) is 2. The van der Waals surface area contributed by atoms with E-state index in [1.807, 2.05) is 31.2 Å². The lowest BCUT2D eigenvalue weighted by Gasteiger charge is -2.03. The molecule has 3 nitrogen and oxygen atoms in total. The van der Waals surface area contributed by atoms with Crippen molar-refractivity contribution in [3.05, 3.63) is 45.9 Å². The van der Waals surface area contributed by atoms with Crippen LogP contribution in [0.3, 0.4) is 0 Å². The minimum Gasteiger partial charge on any atom is -0.397 e. The second-order valence-corrected chi connectivity index (χ2v) is 5.23. The van der Waals surface area contributed by atoms with Gasteiger partial charge in [0.1, 0.15) is 11.3 Å². The number of nitrogen functional groups attached to an aromatic ring is 1. The van der Waals surface area contributed by atoms with E-state index in [-0.39, 0.29) is 0 Å². The summed E-state index contributed by atoms with van der Waals surface area (Å²) in [7, 11) is 0. The molecule has 3 N–H and O–H groups in total. The molecule has 0 aliphatic carbocycles. The predicted octanol–water partition coefficient (Wildman–Crippen LogP) is 4.43. The Morgan fingerprint density at radius 1 is 1.21 bits per heavy atom. The van der Waals surface area contributed by atoms with Gasteiger partial charge >= 0.3 is 0 Å². The van der Waals surface area contributed by atoms with Gasteiger partial charge in [0, 0.05) is 15.6 Å². The highest BCUT2D eigenvalue weighted by Crippen LogP contribution is 2.30. The van der Waals surface area contributed by atoms with Gasteiger partial charge in [-0.3, -0.25) is 0 Å². The van der Waals surface area contributed by atoms with E-state index >= 15 is 0 Å². The maximum atomic E-state index is 6.13. The zero-order valence-corrected chi connectivity index (χ0v) is 11.7. The number of anilines is 1. The van der Waals surface area contributed by atoms with Gasteiger partial charge < -0.3 is 10.7 Å². The zero-order valence-electron chi connectivity index (χ0n) is 10.2. The maximum Gasteiger partial charge on any atom is 0.138 e. The average Bonchev–Trinajstić information content (AvgIpc) is 2.76. The number of rotatable bonds is 1. The maximum absolute atomic E-state index is 6.13. The first-order chi connectivity index (χ1) is 9.06. The number of halogens is 2. The highest BCUT2D eigenvalue weighted by molar-refractivity contribution is 6.32. The molecule has 0 bridgehead atoms. The van der Waals surface area contributed by atoms with E-state index in [4.69, 9.17) is 28.9 Å². The first-order valence-corrected chi connectivity index (χ1v) is 6.52. The Kier molecular flexibility index (Phi) is 2.88. The van der Waals surface area contributed by atoms with Crippen molar-refractivity contribution in [1.29, 1.82) is 0 Å². The van der Waals surface area contributed by atoms with Crippen LogP contribution >= 0.6 is 23.2 Å². The molecular weight excluding hydrogens is 281 g/mol. The number of nitrogens with zero attached hydrogens (tertiary/aromatic N) is 1. The molecule has 0 saturated carbocycles. The van der Waals surface area contributed by atoms with Crippen molar-refractivity contribution in [2.75, 3.05) is 5.73 Å². The number of aromatic amines is 1. The van der Waals surface area contributed by atoms with Gasteiger partial charge in [0.15, 0.2) is 0 Å².